The lowest BCUT2D eigenvalue weighted by atomic mass is 10.1. The molecule has 0 aliphatic heterocycles. The van der Waals surface area contributed by atoms with E-state index >= 15 is 0 Å². The Hall–Kier alpha value is -1.33. The van der Waals surface area contributed by atoms with Gasteiger partial charge in [0.1, 0.15) is 14.0 Å². The molecule has 1 aromatic heterocycles. The molecule has 0 bridgehead atoms. The maximum atomic E-state index is 10.2. The van der Waals surface area contributed by atoms with Crippen molar-refractivity contribution >= 4 is 13.7 Å². The van der Waals surface area contributed by atoms with Crippen molar-refractivity contribution in [2.24, 2.45) is 7.05 Å². The van der Waals surface area contributed by atoms with Crippen molar-refractivity contribution < 1.29 is 4.92 Å². The minimum atomic E-state index is -0.487. The summed E-state index contributed by atoms with van der Waals surface area (Å²) < 4.78 is 1.66. The first-order chi connectivity index (χ1) is 5.15. The second kappa shape index (κ2) is 2.73. The highest BCUT2D eigenvalue weighted by Crippen LogP contribution is 2.08. The van der Waals surface area contributed by atoms with E-state index in [1.54, 1.807) is 11.6 Å². The van der Waals surface area contributed by atoms with Gasteiger partial charge in [0, 0.05) is 13.4 Å². The first kappa shape index (κ1) is 7.78. The molecule has 0 aromatic carbocycles. The minimum absolute atomic E-state index is 0.0793. The number of aromatic nitrogens is 2. The van der Waals surface area contributed by atoms with Crippen LogP contribution in [0.15, 0.2) is 6.20 Å². The molecule has 0 amide bonds. The SMILES string of the molecule is BCc1nc([N+](=O)[O-])cn1C. The van der Waals surface area contributed by atoms with Crippen LogP contribution in [0, 0.1) is 10.1 Å². The molecular weight excluding hydrogens is 145 g/mol. The number of hydrogen-bond donors (Lipinski definition) is 0. The number of nitrogens with zero attached hydrogens (tertiary/aromatic N) is 3. The molecule has 6 heteroatoms. The highest BCUT2D eigenvalue weighted by Gasteiger charge is 2.13. The Bertz CT molecular complexity index is 283. The van der Waals surface area contributed by atoms with Crippen molar-refractivity contribution in [1.29, 1.82) is 0 Å². The summed E-state index contributed by atoms with van der Waals surface area (Å²) in [6.07, 6.45) is 2.13. The third-order valence-corrected chi connectivity index (χ3v) is 1.46. The van der Waals surface area contributed by atoms with E-state index in [-0.39, 0.29) is 5.82 Å². The van der Waals surface area contributed by atoms with Gasteiger partial charge in [0.25, 0.3) is 0 Å². The van der Waals surface area contributed by atoms with Crippen molar-refractivity contribution in [3.63, 3.8) is 0 Å². The highest BCUT2D eigenvalue weighted by atomic mass is 16.6. The molecule has 1 heterocycles. The summed E-state index contributed by atoms with van der Waals surface area (Å²) >= 11 is 0. The smallest absolute Gasteiger partial charge is 0.358 e. The topological polar surface area (TPSA) is 61.0 Å². The predicted octanol–water partition coefficient (Wildman–Crippen LogP) is -0.539. The van der Waals surface area contributed by atoms with Crippen LogP contribution in [-0.2, 0) is 13.4 Å². The van der Waals surface area contributed by atoms with Crippen molar-refractivity contribution in [3.8, 4) is 0 Å². The van der Waals surface area contributed by atoms with Gasteiger partial charge in [0.2, 0.25) is 5.82 Å². The molecule has 0 radical (unpaired) electrons. The molecule has 1 rings (SSSR count). The standard InChI is InChI=1S/C5H8BN3O2/c1-8-3-5(9(10)11)7-4(8)2-6/h3H,2,6H2,1H3. The molecule has 11 heavy (non-hydrogen) atoms. The zero-order chi connectivity index (χ0) is 8.43. The zero-order valence-electron chi connectivity index (χ0n) is 6.44. The van der Waals surface area contributed by atoms with E-state index in [1.807, 2.05) is 7.85 Å². The van der Waals surface area contributed by atoms with Crippen molar-refractivity contribution in [3.05, 3.63) is 22.1 Å². The van der Waals surface area contributed by atoms with E-state index in [9.17, 15) is 10.1 Å². The fourth-order valence-corrected chi connectivity index (χ4v) is 0.904. The van der Waals surface area contributed by atoms with Crippen LogP contribution in [0.25, 0.3) is 0 Å². The maximum Gasteiger partial charge on any atom is 0.381 e. The molecule has 0 atom stereocenters. The Morgan fingerprint density at radius 2 is 2.55 bits per heavy atom. The molecule has 5 nitrogen and oxygen atoms in total. The van der Waals surface area contributed by atoms with Crippen LogP contribution < -0.4 is 0 Å². The summed E-state index contributed by atoms with van der Waals surface area (Å²) in [5, 5.41) is 10.2. The normalized spacial score (nSPS) is 9.91. The van der Waals surface area contributed by atoms with Gasteiger partial charge in [-0.25, -0.2) is 0 Å². The summed E-state index contributed by atoms with van der Waals surface area (Å²) in [6.45, 7) is 0. The van der Waals surface area contributed by atoms with Gasteiger partial charge in [0.15, 0.2) is 0 Å². The van der Waals surface area contributed by atoms with Crippen molar-refractivity contribution in [1.82, 2.24) is 9.55 Å². The highest BCUT2D eigenvalue weighted by molar-refractivity contribution is 6.07. The van der Waals surface area contributed by atoms with E-state index < -0.39 is 4.92 Å². The molecule has 0 saturated heterocycles. The fraction of sp³-hybridized carbons (Fsp3) is 0.400. The Labute approximate surface area is 64.6 Å². The summed E-state index contributed by atoms with van der Waals surface area (Å²) in [4.78, 5) is 13.5. The fourth-order valence-electron chi connectivity index (χ4n) is 0.904. The largest absolute Gasteiger partial charge is 0.381 e. The van der Waals surface area contributed by atoms with Gasteiger partial charge in [-0.15, -0.1) is 0 Å². The second-order valence-corrected chi connectivity index (χ2v) is 2.24. The van der Waals surface area contributed by atoms with E-state index in [0.717, 1.165) is 5.82 Å². The molecule has 0 fully saturated rings. The average molecular weight is 153 g/mol. The van der Waals surface area contributed by atoms with Gasteiger partial charge in [-0.05, 0) is 9.91 Å². The number of imidazole rings is 1. The van der Waals surface area contributed by atoms with E-state index in [0.29, 0.717) is 6.32 Å². The molecule has 0 unspecified atom stereocenters. The summed E-state index contributed by atoms with van der Waals surface area (Å²) in [6, 6.07) is 0. The number of rotatable bonds is 2. The van der Waals surface area contributed by atoms with Crippen LogP contribution in [0.5, 0.6) is 0 Å². The minimum Gasteiger partial charge on any atom is -0.358 e. The Balaban J connectivity index is 3.05. The lowest BCUT2D eigenvalue weighted by molar-refractivity contribution is -0.389. The zero-order valence-corrected chi connectivity index (χ0v) is 6.44. The summed E-state index contributed by atoms with van der Waals surface area (Å²) in [7, 11) is 3.66. The van der Waals surface area contributed by atoms with Crippen LogP contribution in [0.1, 0.15) is 5.82 Å². The van der Waals surface area contributed by atoms with Crippen LogP contribution in [0.3, 0.4) is 0 Å². The Kier molecular flexibility index (Phi) is 1.93. The monoisotopic (exact) mass is 153 g/mol. The first-order valence-electron chi connectivity index (χ1n) is 3.31. The second-order valence-electron chi connectivity index (χ2n) is 2.24. The number of aryl methyl sites for hydroxylation is 1. The van der Waals surface area contributed by atoms with E-state index in [4.69, 9.17) is 0 Å². The van der Waals surface area contributed by atoms with Crippen molar-refractivity contribution in [2.45, 2.75) is 6.32 Å². The average Bonchev–Trinajstić information content (AvgIpc) is 2.31. The predicted molar refractivity (Wildman–Crippen MR) is 42.1 cm³/mol. The number of hydrogen-bond acceptors (Lipinski definition) is 3. The Morgan fingerprint density at radius 1 is 1.91 bits per heavy atom. The molecule has 0 aliphatic carbocycles. The van der Waals surface area contributed by atoms with Crippen LogP contribution >= 0.6 is 0 Å². The first-order valence-corrected chi connectivity index (χ1v) is 3.31. The van der Waals surface area contributed by atoms with Gasteiger partial charge in [-0.1, -0.05) is 0 Å². The molecule has 0 aliphatic rings. The van der Waals surface area contributed by atoms with Crippen LogP contribution in [-0.4, -0.2) is 22.3 Å². The number of nitro groups is 1. The molecular formula is C5H8BN3O2. The lowest BCUT2D eigenvalue weighted by Gasteiger charge is -1.86. The van der Waals surface area contributed by atoms with Gasteiger partial charge >= 0.3 is 5.82 Å². The Morgan fingerprint density at radius 3 is 2.82 bits per heavy atom. The van der Waals surface area contributed by atoms with Crippen LogP contribution in [0.2, 0.25) is 0 Å². The maximum absolute atomic E-state index is 10.2. The molecule has 58 valence electrons. The van der Waals surface area contributed by atoms with E-state index in [2.05, 4.69) is 4.98 Å². The van der Waals surface area contributed by atoms with Crippen molar-refractivity contribution in [2.75, 3.05) is 0 Å². The van der Waals surface area contributed by atoms with Gasteiger partial charge in [-0.3, -0.25) is 0 Å². The summed E-state index contributed by atoms with van der Waals surface area (Å²) in [5.74, 6) is 0.654. The molecule has 1 aromatic rings. The van der Waals surface area contributed by atoms with Crippen LogP contribution in [0.4, 0.5) is 5.82 Å². The van der Waals surface area contributed by atoms with Gasteiger partial charge in [-0.2, -0.15) is 0 Å². The van der Waals surface area contributed by atoms with Gasteiger partial charge in [0.05, 0.1) is 0 Å². The lowest BCUT2D eigenvalue weighted by Crippen LogP contribution is -1.95. The van der Waals surface area contributed by atoms with Gasteiger partial charge < -0.3 is 14.7 Å². The molecule has 0 spiro atoms. The molecule has 0 saturated carbocycles. The quantitative estimate of drug-likeness (QED) is 0.325. The molecule has 0 N–H and O–H groups in total. The summed E-state index contributed by atoms with van der Waals surface area (Å²) in [5.41, 5.74) is 0. The third-order valence-electron chi connectivity index (χ3n) is 1.46. The van der Waals surface area contributed by atoms with E-state index in [1.165, 1.54) is 6.20 Å². The third kappa shape index (κ3) is 1.39.